The zero-order valence-electron chi connectivity index (χ0n) is 11.3. The van der Waals surface area contributed by atoms with Gasteiger partial charge in [0.05, 0.1) is 5.69 Å². The first-order chi connectivity index (χ1) is 8.56. The van der Waals surface area contributed by atoms with Crippen LogP contribution in [0, 0.1) is 6.92 Å². The maximum Gasteiger partial charge on any atom is 0.186 e. The van der Waals surface area contributed by atoms with Crippen LogP contribution in [0.15, 0.2) is 0 Å². The molecule has 3 unspecified atom stereocenters. The second kappa shape index (κ2) is 5.52. The summed E-state index contributed by atoms with van der Waals surface area (Å²) >= 11 is 1.67. The zero-order valence-corrected chi connectivity index (χ0v) is 12.2. The number of thiazole rings is 1. The highest BCUT2D eigenvalue weighted by molar-refractivity contribution is 7.15. The fraction of sp³-hybridized carbons (Fsp3) is 0.750. The number of aryl methyl sites for hydroxylation is 1. The average molecular weight is 271 g/mol. The molecule has 0 saturated carbocycles. The van der Waals surface area contributed by atoms with E-state index in [-0.39, 0.29) is 18.2 Å². The Morgan fingerprint density at radius 1 is 1.33 bits per heavy atom. The Hall–Kier alpha value is -0.690. The molecule has 0 aromatic carbocycles. The minimum absolute atomic E-state index is 0.0373. The Morgan fingerprint density at radius 3 is 2.28 bits per heavy atom. The SMILES string of the molecule is COC1CN(c2nc(C)c(C(C)N)s2)CC1OC. The zero-order chi connectivity index (χ0) is 13.3. The molecule has 0 radical (unpaired) electrons. The highest BCUT2D eigenvalue weighted by Crippen LogP contribution is 2.32. The fourth-order valence-corrected chi connectivity index (χ4v) is 3.34. The van der Waals surface area contributed by atoms with E-state index in [0.29, 0.717) is 0 Å². The van der Waals surface area contributed by atoms with Gasteiger partial charge in [0.15, 0.2) is 5.13 Å². The predicted octanol–water partition coefficient (Wildman–Crippen LogP) is 1.32. The predicted molar refractivity (Wildman–Crippen MR) is 73.3 cm³/mol. The molecule has 1 aromatic rings. The molecule has 5 nitrogen and oxygen atoms in total. The molecule has 0 bridgehead atoms. The van der Waals surface area contributed by atoms with Crippen LogP contribution >= 0.6 is 11.3 Å². The number of hydrogen-bond acceptors (Lipinski definition) is 6. The molecule has 3 atom stereocenters. The third-order valence-electron chi connectivity index (χ3n) is 3.33. The normalized spacial score (nSPS) is 25.7. The number of anilines is 1. The van der Waals surface area contributed by atoms with Gasteiger partial charge < -0.3 is 20.1 Å². The summed E-state index contributed by atoms with van der Waals surface area (Å²) in [4.78, 5) is 7.97. The Bertz CT molecular complexity index is 396. The second-order valence-corrected chi connectivity index (χ2v) is 5.70. The molecule has 2 rings (SSSR count). The highest BCUT2D eigenvalue weighted by atomic mass is 32.1. The molecule has 102 valence electrons. The molecule has 1 aliphatic heterocycles. The maximum atomic E-state index is 5.94. The van der Waals surface area contributed by atoms with Crippen LogP contribution in [0.5, 0.6) is 0 Å². The maximum absolute atomic E-state index is 5.94. The van der Waals surface area contributed by atoms with Crippen molar-refractivity contribution in [2.45, 2.75) is 32.1 Å². The van der Waals surface area contributed by atoms with E-state index in [9.17, 15) is 0 Å². The smallest absolute Gasteiger partial charge is 0.186 e. The summed E-state index contributed by atoms with van der Waals surface area (Å²) in [5.41, 5.74) is 6.96. The monoisotopic (exact) mass is 271 g/mol. The van der Waals surface area contributed by atoms with Gasteiger partial charge >= 0.3 is 0 Å². The number of methoxy groups -OCH3 is 2. The van der Waals surface area contributed by atoms with Gasteiger partial charge in [0.1, 0.15) is 12.2 Å². The van der Waals surface area contributed by atoms with Crippen LogP contribution in [0.2, 0.25) is 0 Å². The van der Waals surface area contributed by atoms with Crippen molar-refractivity contribution in [1.82, 2.24) is 4.98 Å². The van der Waals surface area contributed by atoms with E-state index in [2.05, 4.69) is 9.88 Å². The summed E-state index contributed by atoms with van der Waals surface area (Å²) < 4.78 is 10.9. The van der Waals surface area contributed by atoms with Crippen molar-refractivity contribution in [3.8, 4) is 0 Å². The molecule has 1 saturated heterocycles. The standard InChI is InChI=1S/C12H21N3O2S/c1-7(13)11-8(2)14-12(18-11)15-5-9(16-3)10(6-15)17-4/h7,9-10H,5-6,13H2,1-4H3. The number of nitrogens with zero attached hydrogens (tertiary/aromatic N) is 2. The number of ether oxygens (including phenoxy) is 2. The molecular weight excluding hydrogens is 250 g/mol. The Kier molecular flexibility index (Phi) is 4.21. The van der Waals surface area contributed by atoms with Crippen LogP contribution in [0.25, 0.3) is 0 Å². The van der Waals surface area contributed by atoms with Gasteiger partial charge in [-0.05, 0) is 13.8 Å². The molecule has 1 aliphatic rings. The first-order valence-electron chi connectivity index (χ1n) is 6.10. The first kappa shape index (κ1) is 13.7. The molecule has 1 fully saturated rings. The lowest BCUT2D eigenvalue weighted by molar-refractivity contribution is -0.00461. The minimum atomic E-state index is 0.0373. The Morgan fingerprint density at radius 2 is 1.89 bits per heavy atom. The quantitative estimate of drug-likeness (QED) is 0.895. The molecule has 0 spiro atoms. The van der Waals surface area contributed by atoms with Crippen LogP contribution in [0.3, 0.4) is 0 Å². The lowest BCUT2D eigenvalue weighted by Crippen LogP contribution is -2.27. The van der Waals surface area contributed by atoms with Gasteiger partial charge in [-0.2, -0.15) is 0 Å². The van der Waals surface area contributed by atoms with E-state index >= 15 is 0 Å². The third-order valence-corrected chi connectivity index (χ3v) is 4.75. The lowest BCUT2D eigenvalue weighted by Gasteiger charge is -2.13. The van der Waals surface area contributed by atoms with E-state index in [1.807, 2.05) is 13.8 Å². The fourth-order valence-electron chi connectivity index (χ4n) is 2.30. The largest absolute Gasteiger partial charge is 0.377 e. The van der Waals surface area contributed by atoms with E-state index in [0.717, 1.165) is 28.8 Å². The molecule has 0 amide bonds. The third kappa shape index (κ3) is 2.51. The molecule has 2 heterocycles. The minimum Gasteiger partial charge on any atom is -0.377 e. The Balaban J connectivity index is 2.16. The van der Waals surface area contributed by atoms with E-state index in [1.54, 1.807) is 25.6 Å². The van der Waals surface area contributed by atoms with Crippen molar-refractivity contribution >= 4 is 16.5 Å². The van der Waals surface area contributed by atoms with Crippen LogP contribution in [-0.4, -0.2) is 44.5 Å². The van der Waals surface area contributed by atoms with Crippen LogP contribution in [0.4, 0.5) is 5.13 Å². The van der Waals surface area contributed by atoms with Crippen molar-refractivity contribution in [3.05, 3.63) is 10.6 Å². The van der Waals surface area contributed by atoms with Gasteiger partial charge in [0.25, 0.3) is 0 Å². The van der Waals surface area contributed by atoms with Gasteiger partial charge in [-0.15, -0.1) is 11.3 Å². The van der Waals surface area contributed by atoms with Gasteiger partial charge in [0, 0.05) is 38.2 Å². The lowest BCUT2D eigenvalue weighted by atomic mass is 10.2. The van der Waals surface area contributed by atoms with Crippen molar-refractivity contribution in [2.24, 2.45) is 5.73 Å². The summed E-state index contributed by atoms with van der Waals surface area (Å²) in [7, 11) is 3.45. The van der Waals surface area contributed by atoms with Crippen LogP contribution < -0.4 is 10.6 Å². The average Bonchev–Trinajstić information content (AvgIpc) is 2.91. The molecular formula is C12H21N3O2S. The van der Waals surface area contributed by atoms with Crippen molar-refractivity contribution < 1.29 is 9.47 Å². The van der Waals surface area contributed by atoms with Crippen molar-refractivity contribution in [3.63, 3.8) is 0 Å². The topological polar surface area (TPSA) is 60.6 Å². The van der Waals surface area contributed by atoms with Gasteiger partial charge in [-0.1, -0.05) is 0 Å². The Labute approximate surface area is 112 Å². The number of rotatable bonds is 4. The van der Waals surface area contributed by atoms with Gasteiger partial charge in [0.2, 0.25) is 0 Å². The van der Waals surface area contributed by atoms with Crippen LogP contribution in [0.1, 0.15) is 23.5 Å². The number of nitrogens with two attached hydrogens (primary N) is 1. The summed E-state index contributed by atoms with van der Waals surface area (Å²) in [6.07, 6.45) is 0.218. The molecule has 2 N–H and O–H groups in total. The van der Waals surface area contributed by atoms with E-state index in [4.69, 9.17) is 15.2 Å². The van der Waals surface area contributed by atoms with Gasteiger partial charge in [-0.25, -0.2) is 4.98 Å². The highest BCUT2D eigenvalue weighted by Gasteiger charge is 2.34. The molecule has 6 heteroatoms. The summed E-state index contributed by atoms with van der Waals surface area (Å²) in [5.74, 6) is 0. The summed E-state index contributed by atoms with van der Waals surface area (Å²) in [6.45, 7) is 5.64. The molecule has 1 aromatic heterocycles. The van der Waals surface area contributed by atoms with E-state index < -0.39 is 0 Å². The number of aromatic nitrogens is 1. The van der Waals surface area contributed by atoms with Crippen LogP contribution in [-0.2, 0) is 9.47 Å². The van der Waals surface area contributed by atoms with E-state index in [1.165, 1.54) is 0 Å². The van der Waals surface area contributed by atoms with Crippen molar-refractivity contribution in [2.75, 3.05) is 32.2 Å². The van der Waals surface area contributed by atoms with Crippen molar-refractivity contribution in [1.29, 1.82) is 0 Å². The molecule has 18 heavy (non-hydrogen) atoms. The summed E-state index contributed by atoms with van der Waals surface area (Å²) in [5, 5.41) is 1.02. The summed E-state index contributed by atoms with van der Waals surface area (Å²) in [6, 6.07) is 0.0373. The first-order valence-corrected chi connectivity index (χ1v) is 6.92. The van der Waals surface area contributed by atoms with Gasteiger partial charge in [-0.3, -0.25) is 0 Å². The molecule has 0 aliphatic carbocycles. The second-order valence-electron chi connectivity index (χ2n) is 4.69. The number of hydrogen-bond donors (Lipinski definition) is 1.